The molecule has 1 aromatic carbocycles. The minimum Gasteiger partial charge on any atom is -0.347 e. The molecule has 1 aliphatic rings. The summed E-state index contributed by atoms with van der Waals surface area (Å²) < 4.78 is 2.04. The Kier molecular flexibility index (Phi) is 4.79. The minimum atomic E-state index is -0.467. The first-order chi connectivity index (χ1) is 11.6. The summed E-state index contributed by atoms with van der Waals surface area (Å²) in [5, 5.41) is 5.51. The number of aromatic nitrogens is 2. The highest BCUT2D eigenvalue weighted by atomic mass is 16.2. The quantitative estimate of drug-likeness (QED) is 0.822. The van der Waals surface area contributed by atoms with Gasteiger partial charge < -0.3 is 20.1 Å². The number of carbonyl (C=O) groups excluding carboxylic acids is 2. The number of amides is 3. The van der Waals surface area contributed by atoms with Crippen LogP contribution < -0.4 is 10.6 Å². The van der Waals surface area contributed by atoms with Gasteiger partial charge in [-0.05, 0) is 12.0 Å². The fourth-order valence-corrected chi connectivity index (χ4v) is 2.74. The summed E-state index contributed by atoms with van der Waals surface area (Å²) in [6.07, 6.45) is 4.55. The predicted octanol–water partition coefficient (Wildman–Crippen LogP) is 0.766. The highest BCUT2D eigenvalue weighted by Crippen LogP contribution is 2.06. The Hall–Kier alpha value is -2.83. The maximum atomic E-state index is 12.2. The molecule has 7 nitrogen and oxygen atoms in total. The number of likely N-dealkylation sites (N-methyl/N-ethyl adjacent to an activating group) is 1. The van der Waals surface area contributed by atoms with Gasteiger partial charge in [-0.2, -0.15) is 0 Å². The van der Waals surface area contributed by atoms with E-state index in [-0.39, 0.29) is 11.9 Å². The molecule has 2 N–H and O–H groups in total. The molecule has 24 heavy (non-hydrogen) atoms. The Bertz CT molecular complexity index is 713. The van der Waals surface area contributed by atoms with E-state index >= 15 is 0 Å². The van der Waals surface area contributed by atoms with Gasteiger partial charge in [0.1, 0.15) is 11.9 Å². The lowest BCUT2D eigenvalue weighted by Gasteiger charge is -2.17. The molecule has 1 unspecified atom stereocenters. The molecule has 1 aromatic heterocycles. The number of hydrogen-bond acceptors (Lipinski definition) is 3. The van der Waals surface area contributed by atoms with E-state index in [1.807, 2.05) is 29.0 Å². The summed E-state index contributed by atoms with van der Waals surface area (Å²) in [6.45, 7) is 1.49. The van der Waals surface area contributed by atoms with E-state index in [9.17, 15) is 9.59 Å². The molecule has 1 aliphatic heterocycles. The van der Waals surface area contributed by atoms with Crippen LogP contribution in [0.2, 0.25) is 0 Å². The number of urea groups is 1. The first kappa shape index (κ1) is 16.0. The van der Waals surface area contributed by atoms with E-state index in [1.165, 1.54) is 10.5 Å². The Labute approximate surface area is 140 Å². The maximum absolute atomic E-state index is 12.2. The van der Waals surface area contributed by atoms with E-state index in [0.717, 1.165) is 18.8 Å². The number of rotatable bonds is 6. The summed E-state index contributed by atoms with van der Waals surface area (Å²) in [6, 6.07) is 9.55. The summed E-state index contributed by atoms with van der Waals surface area (Å²) in [5.74, 6) is 0.632. The summed E-state index contributed by atoms with van der Waals surface area (Å²) in [4.78, 5) is 29.3. The molecule has 2 aromatic rings. The van der Waals surface area contributed by atoms with Gasteiger partial charge in [-0.1, -0.05) is 30.3 Å². The van der Waals surface area contributed by atoms with Crippen LogP contribution in [0.25, 0.3) is 0 Å². The zero-order chi connectivity index (χ0) is 16.9. The Morgan fingerprint density at radius 3 is 2.88 bits per heavy atom. The first-order valence-corrected chi connectivity index (χ1v) is 7.97. The number of imidazole rings is 1. The van der Waals surface area contributed by atoms with Gasteiger partial charge in [0, 0.05) is 32.5 Å². The van der Waals surface area contributed by atoms with E-state index in [1.54, 1.807) is 13.2 Å². The third kappa shape index (κ3) is 3.56. The van der Waals surface area contributed by atoms with Crippen molar-refractivity contribution in [2.45, 2.75) is 25.6 Å². The number of carbonyl (C=O) groups is 2. The third-order valence-electron chi connectivity index (χ3n) is 4.24. The van der Waals surface area contributed by atoms with Crippen LogP contribution in [0.4, 0.5) is 4.79 Å². The molecular weight excluding hydrogens is 306 g/mol. The van der Waals surface area contributed by atoms with Crippen molar-refractivity contribution < 1.29 is 9.59 Å². The first-order valence-electron chi connectivity index (χ1n) is 7.97. The number of aryl methyl sites for hydroxylation is 2. The fourth-order valence-electron chi connectivity index (χ4n) is 2.74. The molecule has 2 heterocycles. The average Bonchev–Trinajstić information content (AvgIpc) is 3.19. The average molecular weight is 327 g/mol. The Balaban J connectivity index is 1.54. The third-order valence-corrected chi connectivity index (χ3v) is 4.24. The molecular formula is C17H21N5O2. The van der Waals surface area contributed by atoms with Gasteiger partial charge in [-0.15, -0.1) is 0 Å². The van der Waals surface area contributed by atoms with Crippen molar-refractivity contribution in [3.05, 3.63) is 54.1 Å². The Morgan fingerprint density at radius 1 is 1.38 bits per heavy atom. The van der Waals surface area contributed by atoms with Gasteiger partial charge in [0.05, 0.1) is 6.54 Å². The molecule has 1 saturated heterocycles. The molecule has 0 aliphatic carbocycles. The topological polar surface area (TPSA) is 79.3 Å². The second-order valence-electron chi connectivity index (χ2n) is 5.80. The zero-order valence-corrected chi connectivity index (χ0v) is 13.6. The monoisotopic (exact) mass is 327 g/mol. The van der Waals surface area contributed by atoms with Gasteiger partial charge in [0.25, 0.3) is 0 Å². The number of nitrogens with zero attached hydrogens (tertiary/aromatic N) is 3. The SMILES string of the molecule is CN1C(=O)NCC1C(=O)NCc1nccn1CCc1ccccc1. The maximum Gasteiger partial charge on any atom is 0.317 e. The second-order valence-corrected chi connectivity index (χ2v) is 5.80. The lowest BCUT2D eigenvalue weighted by Crippen LogP contribution is -2.43. The largest absolute Gasteiger partial charge is 0.347 e. The number of benzene rings is 1. The zero-order valence-electron chi connectivity index (χ0n) is 13.6. The molecule has 0 bridgehead atoms. The normalized spacial score (nSPS) is 17.0. The molecule has 3 amide bonds. The molecule has 0 saturated carbocycles. The van der Waals surface area contributed by atoms with Crippen molar-refractivity contribution >= 4 is 11.9 Å². The predicted molar refractivity (Wildman–Crippen MR) is 89.2 cm³/mol. The van der Waals surface area contributed by atoms with Gasteiger partial charge in [-0.3, -0.25) is 4.79 Å². The minimum absolute atomic E-state index is 0.173. The van der Waals surface area contributed by atoms with Crippen LogP contribution in [0, 0.1) is 0 Å². The molecule has 0 spiro atoms. The molecule has 0 radical (unpaired) electrons. The van der Waals surface area contributed by atoms with Gasteiger partial charge >= 0.3 is 6.03 Å². The van der Waals surface area contributed by atoms with Crippen LogP contribution in [0.15, 0.2) is 42.7 Å². The second kappa shape index (κ2) is 7.16. The molecule has 126 valence electrons. The van der Waals surface area contributed by atoms with Crippen LogP contribution in [0.3, 0.4) is 0 Å². The van der Waals surface area contributed by atoms with Crippen molar-refractivity contribution in [2.24, 2.45) is 0 Å². The molecule has 7 heteroatoms. The highest BCUT2D eigenvalue weighted by Gasteiger charge is 2.32. The van der Waals surface area contributed by atoms with Gasteiger partial charge in [-0.25, -0.2) is 9.78 Å². The van der Waals surface area contributed by atoms with Gasteiger partial charge in [0.15, 0.2) is 0 Å². The van der Waals surface area contributed by atoms with Crippen LogP contribution in [0.1, 0.15) is 11.4 Å². The highest BCUT2D eigenvalue weighted by molar-refractivity contribution is 5.90. The number of hydrogen-bond donors (Lipinski definition) is 2. The standard InChI is InChI=1S/C17H21N5O2/c1-21-14(11-20-17(21)24)16(23)19-12-15-18-8-10-22(15)9-7-13-5-3-2-4-6-13/h2-6,8,10,14H,7,9,11-12H2,1H3,(H,19,23)(H,20,24). The summed E-state index contributed by atoms with van der Waals surface area (Å²) in [5.41, 5.74) is 1.26. The Morgan fingerprint density at radius 2 is 2.17 bits per heavy atom. The summed E-state index contributed by atoms with van der Waals surface area (Å²) >= 11 is 0. The van der Waals surface area contributed by atoms with Crippen molar-refractivity contribution in [2.75, 3.05) is 13.6 Å². The van der Waals surface area contributed by atoms with Gasteiger partial charge in [0.2, 0.25) is 5.91 Å². The summed E-state index contributed by atoms with van der Waals surface area (Å²) in [7, 11) is 1.62. The van der Waals surface area contributed by atoms with Crippen LogP contribution in [0.5, 0.6) is 0 Å². The smallest absolute Gasteiger partial charge is 0.317 e. The number of nitrogens with one attached hydrogen (secondary N) is 2. The van der Waals surface area contributed by atoms with E-state index in [4.69, 9.17) is 0 Å². The lowest BCUT2D eigenvalue weighted by molar-refractivity contribution is -0.124. The molecule has 1 atom stereocenters. The lowest BCUT2D eigenvalue weighted by atomic mass is 10.1. The van der Waals surface area contributed by atoms with Crippen LogP contribution >= 0.6 is 0 Å². The van der Waals surface area contributed by atoms with E-state index < -0.39 is 6.04 Å². The van der Waals surface area contributed by atoms with Crippen molar-refractivity contribution in [3.63, 3.8) is 0 Å². The van der Waals surface area contributed by atoms with Crippen LogP contribution in [-0.4, -0.2) is 46.0 Å². The van der Waals surface area contributed by atoms with Crippen LogP contribution in [-0.2, 0) is 24.3 Å². The van der Waals surface area contributed by atoms with E-state index in [2.05, 4.69) is 27.8 Å². The molecule has 1 fully saturated rings. The fraction of sp³-hybridized carbons (Fsp3) is 0.353. The van der Waals surface area contributed by atoms with E-state index in [0.29, 0.717) is 13.1 Å². The molecule has 3 rings (SSSR count). The van der Waals surface area contributed by atoms with Crippen molar-refractivity contribution in [1.29, 1.82) is 0 Å². The van der Waals surface area contributed by atoms with Crippen molar-refractivity contribution in [3.8, 4) is 0 Å². The van der Waals surface area contributed by atoms with Crippen molar-refractivity contribution in [1.82, 2.24) is 25.1 Å².